The van der Waals surface area contributed by atoms with Gasteiger partial charge in [0, 0.05) is 12.1 Å². The van der Waals surface area contributed by atoms with Crippen LogP contribution in [-0.2, 0) is 0 Å². The number of nitrogens with zero attached hydrogens (tertiary/aromatic N) is 1. The van der Waals surface area contributed by atoms with E-state index in [1.807, 2.05) is 39.0 Å². The molecule has 2 aromatic carbocycles. The third-order valence-electron chi connectivity index (χ3n) is 3.66. The Hall–Kier alpha value is -2.40. The molecule has 0 heterocycles. The number of non-ortho nitro benzene ring substituents is 1. The summed E-state index contributed by atoms with van der Waals surface area (Å²) in [5.41, 5.74) is 3.29. The average molecular weight is 333 g/mol. The minimum Gasteiger partial charge on any atom is -0.345 e. The lowest BCUT2D eigenvalue weighted by Gasteiger charge is -2.17. The van der Waals surface area contributed by atoms with Crippen molar-refractivity contribution in [1.82, 2.24) is 5.32 Å². The summed E-state index contributed by atoms with van der Waals surface area (Å²) in [6, 6.07) is 9.66. The van der Waals surface area contributed by atoms with Crippen LogP contribution in [0.2, 0.25) is 5.02 Å². The molecule has 6 heteroatoms. The Morgan fingerprint density at radius 2 is 1.91 bits per heavy atom. The van der Waals surface area contributed by atoms with Crippen molar-refractivity contribution in [2.75, 3.05) is 0 Å². The van der Waals surface area contributed by atoms with Gasteiger partial charge in [-0.15, -0.1) is 0 Å². The minimum atomic E-state index is -0.549. The van der Waals surface area contributed by atoms with Crippen LogP contribution in [0.3, 0.4) is 0 Å². The zero-order chi connectivity index (χ0) is 17.1. The number of nitro benzene ring substituents is 1. The van der Waals surface area contributed by atoms with Gasteiger partial charge in [0.2, 0.25) is 0 Å². The number of rotatable bonds is 4. The standard InChI is InChI=1S/C17H17ClN2O3/c1-10-4-5-11(2)15(8-10)12(3)19-17(21)14-7-6-13(20(22)23)9-16(14)18/h4-9,12H,1-3H3,(H,19,21)/t12-/m0/s1. The van der Waals surface area contributed by atoms with Crippen molar-refractivity contribution in [2.24, 2.45) is 0 Å². The highest BCUT2D eigenvalue weighted by Crippen LogP contribution is 2.24. The average Bonchev–Trinajstić information content (AvgIpc) is 2.49. The fraction of sp³-hybridized carbons (Fsp3) is 0.235. The van der Waals surface area contributed by atoms with Crippen LogP contribution in [0.4, 0.5) is 5.69 Å². The van der Waals surface area contributed by atoms with Gasteiger partial charge in [-0.2, -0.15) is 0 Å². The second kappa shape index (κ2) is 6.79. The molecule has 0 aliphatic carbocycles. The van der Waals surface area contributed by atoms with Crippen molar-refractivity contribution in [3.63, 3.8) is 0 Å². The smallest absolute Gasteiger partial charge is 0.270 e. The minimum absolute atomic E-state index is 0.0601. The van der Waals surface area contributed by atoms with Crippen molar-refractivity contribution in [1.29, 1.82) is 0 Å². The zero-order valence-electron chi connectivity index (χ0n) is 13.1. The molecule has 0 spiro atoms. The van der Waals surface area contributed by atoms with Crippen LogP contribution in [-0.4, -0.2) is 10.8 Å². The van der Waals surface area contributed by atoms with Crippen molar-refractivity contribution in [3.8, 4) is 0 Å². The number of carbonyl (C=O) groups is 1. The molecule has 0 saturated heterocycles. The van der Waals surface area contributed by atoms with Gasteiger partial charge >= 0.3 is 0 Å². The predicted octanol–water partition coefficient (Wildman–Crippen LogP) is 4.36. The summed E-state index contributed by atoms with van der Waals surface area (Å²) in [7, 11) is 0. The van der Waals surface area contributed by atoms with Crippen LogP contribution in [0.5, 0.6) is 0 Å². The van der Waals surface area contributed by atoms with E-state index in [2.05, 4.69) is 5.32 Å². The maximum atomic E-state index is 12.4. The highest BCUT2D eigenvalue weighted by Gasteiger charge is 2.18. The normalized spacial score (nSPS) is 11.8. The van der Waals surface area contributed by atoms with Crippen LogP contribution in [0.25, 0.3) is 0 Å². The van der Waals surface area contributed by atoms with Gasteiger partial charge < -0.3 is 5.32 Å². The Morgan fingerprint density at radius 3 is 2.52 bits per heavy atom. The first-order valence-corrected chi connectivity index (χ1v) is 7.49. The van der Waals surface area contributed by atoms with E-state index in [-0.39, 0.29) is 28.2 Å². The number of nitrogens with one attached hydrogen (secondary N) is 1. The van der Waals surface area contributed by atoms with Crippen molar-refractivity contribution in [2.45, 2.75) is 26.8 Å². The maximum Gasteiger partial charge on any atom is 0.270 e. The topological polar surface area (TPSA) is 72.2 Å². The molecule has 5 nitrogen and oxygen atoms in total. The Morgan fingerprint density at radius 1 is 1.22 bits per heavy atom. The summed E-state index contributed by atoms with van der Waals surface area (Å²) >= 11 is 5.99. The lowest BCUT2D eigenvalue weighted by Crippen LogP contribution is -2.27. The highest BCUT2D eigenvalue weighted by molar-refractivity contribution is 6.34. The molecule has 0 bridgehead atoms. The van der Waals surface area contributed by atoms with Gasteiger partial charge in [0.05, 0.1) is 21.6 Å². The molecule has 0 radical (unpaired) electrons. The number of hydrogen-bond donors (Lipinski definition) is 1. The molecule has 0 aliphatic heterocycles. The van der Waals surface area contributed by atoms with E-state index in [9.17, 15) is 14.9 Å². The van der Waals surface area contributed by atoms with Crippen LogP contribution in [0.15, 0.2) is 36.4 Å². The second-order valence-electron chi connectivity index (χ2n) is 5.48. The van der Waals surface area contributed by atoms with Gasteiger partial charge in [0.25, 0.3) is 11.6 Å². The predicted molar refractivity (Wildman–Crippen MR) is 89.9 cm³/mol. The lowest BCUT2D eigenvalue weighted by molar-refractivity contribution is -0.384. The third-order valence-corrected chi connectivity index (χ3v) is 3.97. The van der Waals surface area contributed by atoms with Crippen molar-refractivity contribution < 1.29 is 9.72 Å². The molecule has 2 rings (SSSR count). The van der Waals surface area contributed by atoms with E-state index in [0.29, 0.717) is 0 Å². The molecular formula is C17H17ClN2O3. The molecule has 0 unspecified atom stereocenters. The second-order valence-corrected chi connectivity index (χ2v) is 5.88. The summed E-state index contributed by atoms with van der Waals surface area (Å²) in [5.74, 6) is -0.363. The van der Waals surface area contributed by atoms with E-state index < -0.39 is 4.92 Å². The summed E-state index contributed by atoms with van der Waals surface area (Å²) in [6.45, 7) is 5.86. The fourth-order valence-corrected chi connectivity index (χ4v) is 2.64. The van der Waals surface area contributed by atoms with Crippen LogP contribution < -0.4 is 5.32 Å². The number of halogens is 1. The van der Waals surface area contributed by atoms with E-state index in [1.165, 1.54) is 18.2 Å². The summed E-state index contributed by atoms with van der Waals surface area (Å²) in [4.78, 5) is 22.5. The summed E-state index contributed by atoms with van der Waals surface area (Å²) in [6.07, 6.45) is 0. The zero-order valence-corrected chi connectivity index (χ0v) is 13.8. The molecule has 0 aliphatic rings. The molecule has 1 N–H and O–H groups in total. The molecule has 1 atom stereocenters. The van der Waals surface area contributed by atoms with Crippen LogP contribution >= 0.6 is 11.6 Å². The number of nitro groups is 1. The summed E-state index contributed by atoms with van der Waals surface area (Å²) < 4.78 is 0. The molecule has 0 saturated carbocycles. The van der Waals surface area contributed by atoms with Crippen molar-refractivity contribution in [3.05, 3.63) is 73.8 Å². The van der Waals surface area contributed by atoms with Crippen LogP contribution in [0, 0.1) is 24.0 Å². The first kappa shape index (κ1) is 17.0. The van der Waals surface area contributed by atoms with E-state index in [1.54, 1.807) is 0 Å². The number of benzene rings is 2. The quantitative estimate of drug-likeness (QED) is 0.668. The number of carbonyl (C=O) groups excluding carboxylic acids is 1. The van der Waals surface area contributed by atoms with Gasteiger partial charge in [0.1, 0.15) is 0 Å². The van der Waals surface area contributed by atoms with Gasteiger partial charge in [-0.1, -0.05) is 35.4 Å². The largest absolute Gasteiger partial charge is 0.345 e. The van der Waals surface area contributed by atoms with Gasteiger partial charge in [-0.3, -0.25) is 14.9 Å². The number of aryl methyl sites for hydroxylation is 2. The fourth-order valence-electron chi connectivity index (χ4n) is 2.38. The monoisotopic (exact) mass is 332 g/mol. The molecule has 1 amide bonds. The Bertz CT molecular complexity index is 774. The first-order chi connectivity index (χ1) is 10.8. The SMILES string of the molecule is Cc1ccc(C)c([C@H](C)NC(=O)c2ccc([N+](=O)[O-])cc2Cl)c1. The van der Waals surface area contributed by atoms with Crippen molar-refractivity contribution >= 4 is 23.2 Å². The Kier molecular flexibility index (Phi) is 5.01. The number of amides is 1. The third kappa shape index (κ3) is 3.87. The van der Waals surface area contributed by atoms with Gasteiger partial charge in [-0.05, 0) is 38.0 Å². The highest BCUT2D eigenvalue weighted by atomic mass is 35.5. The maximum absolute atomic E-state index is 12.4. The molecular weight excluding hydrogens is 316 g/mol. The van der Waals surface area contributed by atoms with E-state index in [4.69, 9.17) is 11.6 Å². The van der Waals surface area contributed by atoms with E-state index >= 15 is 0 Å². The first-order valence-electron chi connectivity index (χ1n) is 7.11. The molecule has 120 valence electrons. The molecule has 0 fully saturated rings. The molecule has 23 heavy (non-hydrogen) atoms. The van der Waals surface area contributed by atoms with E-state index in [0.717, 1.165) is 16.7 Å². The molecule has 2 aromatic rings. The Balaban J connectivity index is 2.21. The van der Waals surface area contributed by atoms with Crippen LogP contribution in [0.1, 0.15) is 40.0 Å². The van der Waals surface area contributed by atoms with Gasteiger partial charge in [0.15, 0.2) is 0 Å². The lowest BCUT2D eigenvalue weighted by atomic mass is 9.99. The Labute approximate surface area is 139 Å². The number of hydrogen-bond acceptors (Lipinski definition) is 3. The van der Waals surface area contributed by atoms with Gasteiger partial charge in [-0.25, -0.2) is 0 Å². The summed E-state index contributed by atoms with van der Waals surface area (Å²) in [5, 5.41) is 13.6. The molecule has 0 aromatic heterocycles.